The van der Waals surface area contributed by atoms with Crippen molar-refractivity contribution in [3.05, 3.63) is 69.5 Å². The number of carbonyl (C=O) groups excluding carboxylic acids is 1. The third-order valence-electron chi connectivity index (χ3n) is 4.73. The molecule has 2 aromatic rings. The number of benzene rings is 2. The van der Waals surface area contributed by atoms with Crippen LogP contribution in [0.1, 0.15) is 28.3 Å². The molecule has 0 aromatic heterocycles. The Morgan fingerprint density at radius 1 is 1.19 bits per heavy atom. The summed E-state index contributed by atoms with van der Waals surface area (Å²) >= 11 is 11.7. The fourth-order valence-corrected chi connectivity index (χ4v) is 3.58. The van der Waals surface area contributed by atoms with E-state index in [1.165, 1.54) is 6.07 Å². The van der Waals surface area contributed by atoms with Crippen molar-refractivity contribution in [2.24, 2.45) is 0 Å². The monoisotopic (exact) mass is 416 g/mol. The second-order valence-corrected chi connectivity index (χ2v) is 7.11. The Hall–Kier alpha value is -1.33. The second-order valence-electron chi connectivity index (χ2n) is 6.26. The minimum Gasteiger partial charge on any atom is -0.338 e. The summed E-state index contributed by atoms with van der Waals surface area (Å²) in [5.74, 6) is -0.500. The van der Waals surface area contributed by atoms with Gasteiger partial charge in [0.2, 0.25) is 0 Å². The minimum atomic E-state index is -0.435. The Labute approximate surface area is 168 Å². The molecule has 1 saturated heterocycles. The fourth-order valence-electron chi connectivity index (χ4n) is 3.34. The molecule has 140 valence electrons. The number of nitrogens with one attached hydrogen (secondary N) is 1. The molecule has 3 rings (SSSR count). The third-order valence-corrected chi connectivity index (χ3v) is 5.28. The summed E-state index contributed by atoms with van der Waals surface area (Å²) in [5, 5.41) is 4.03. The summed E-state index contributed by atoms with van der Waals surface area (Å²) in [7, 11) is 1.80. The zero-order chi connectivity index (χ0) is 18.0. The van der Waals surface area contributed by atoms with E-state index < -0.39 is 5.82 Å². The van der Waals surface area contributed by atoms with E-state index >= 15 is 0 Å². The average Bonchev–Trinajstić information content (AvgIpc) is 2.63. The lowest BCUT2D eigenvalue weighted by atomic mass is 9.85. The van der Waals surface area contributed by atoms with Crippen molar-refractivity contribution in [3.63, 3.8) is 0 Å². The summed E-state index contributed by atoms with van der Waals surface area (Å²) < 4.78 is 13.9. The second kappa shape index (κ2) is 9.05. The molecule has 0 saturated carbocycles. The van der Waals surface area contributed by atoms with Crippen molar-refractivity contribution in [2.75, 3.05) is 20.1 Å². The van der Waals surface area contributed by atoms with Crippen molar-refractivity contribution in [2.45, 2.75) is 18.4 Å². The maximum Gasteiger partial charge on any atom is 0.253 e. The molecule has 1 heterocycles. The number of hydrogen-bond donors (Lipinski definition) is 1. The first-order valence-corrected chi connectivity index (χ1v) is 8.91. The van der Waals surface area contributed by atoms with Gasteiger partial charge < -0.3 is 10.2 Å². The van der Waals surface area contributed by atoms with Crippen LogP contribution in [0.3, 0.4) is 0 Å². The van der Waals surface area contributed by atoms with Crippen molar-refractivity contribution >= 4 is 41.5 Å². The summed E-state index contributed by atoms with van der Waals surface area (Å²) in [5.41, 5.74) is 1.43. The van der Waals surface area contributed by atoms with Crippen LogP contribution in [-0.2, 0) is 0 Å². The first-order chi connectivity index (χ1) is 12.0. The predicted molar refractivity (Wildman–Crippen MR) is 106 cm³/mol. The molecule has 2 atom stereocenters. The highest BCUT2D eigenvalue weighted by atomic mass is 35.5. The molecule has 1 fully saturated rings. The normalized spacial score (nSPS) is 19.5. The molecule has 0 bridgehead atoms. The fraction of sp³-hybridized carbons (Fsp3) is 0.316. The maximum absolute atomic E-state index is 13.9. The Bertz CT molecular complexity index is 770. The van der Waals surface area contributed by atoms with Crippen LogP contribution in [0, 0.1) is 5.82 Å². The van der Waals surface area contributed by atoms with Gasteiger partial charge >= 0.3 is 0 Å². The molecule has 3 nitrogen and oxygen atoms in total. The number of hydrogen-bond acceptors (Lipinski definition) is 2. The zero-order valence-electron chi connectivity index (χ0n) is 14.2. The van der Waals surface area contributed by atoms with Crippen molar-refractivity contribution < 1.29 is 9.18 Å². The van der Waals surface area contributed by atoms with Crippen LogP contribution in [0.2, 0.25) is 10.0 Å². The van der Waals surface area contributed by atoms with E-state index in [0.29, 0.717) is 17.1 Å². The van der Waals surface area contributed by atoms with E-state index in [2.05, 4.69) is 5.32 Å². The SMILES string of the molecule is CN(C(=O)c1ccc(Cl)cc1)C1CCNCC1c1ccc(Cl)c(F)c1.Cl. The molecule has 1 aliphatic heterocycles. The first kappa shape index (κ1) is 21.0. The average molecular weight is 418 g/mol. The van der Waals surface area contributed by atoms with E-state index in [1.807, 2.05) is 6.07 Å². The Balaban J connectivity index is 0.00000243. The topological polar surface area (TPSA) is 32.3 Å². The lowest BCUT2D eigenvalue weighted by Gasteiger charge is -2.38. The van der Waals surface area contributed by atoms with E-state index in [0.717, 1.165) is 18.5 Å². The van der Waals surface area contributed by atoms with Gasteiger partial charge in [-0.2, -0.15) is 0 Å². The molecule has 0 radical (unpaired) electrons. The van der Waals surface area contributed by atoms with Gasteiger partial charge in [-0.3, -0.25) is 4.79 Å². The van der Waals surface area contributed by atoms with Gasteiger partial charge in [0.1, 0.15) is 5.82 Å². The van der Waals surface area contributed by atoms with Gasteiger partial charge in [0.05, 0.1) is 5.02 Å². The molecule has 2 unspecified atom stereocenters. The van der Waals surface area contributed by atoms with Gasteiger partial charge in [-0.15, -0.1) is 12.4 Å². The van der Waals surface area contributed by atoms with Gasteiger partial charge in [0.15, 0.2) is 0 Å². The van der Waals surface area contributed by atoms with Gasteiger partial charge in [-0.1, -0.05) is 29.3 Å². The van der Waals surface area contributed by atoms with E-state index in [-0.39, 0.29) is 35.3 Å². The quantitative estimate of drug-likeness (QED) is 0.780. The van der Waals surface area contributed by atoms with Crippen LogP contribution < -0.4 is 5.32 Å². The number of carbonyl (C=O) groups is 1. The summed E-state index contributed by atoms with van der Waals surface area (Å²) in [4.78, 5) is 14.6. The van der Waals surface area contributed by atoms with Crippen molar-refractivity contribution in [1.82, 2.24) is 10.2 Å². The number of piperidine rings is 1. The van der Waals surface area contributed by atoms with E-state index in [1.54, 1.807) is 42.3 Å². The zero-order valence-corrected chi connectivity index (χ0v) is 16.5. The summed E-state index contributed by atoms with van der Waals surface area (Å²) in [6.45, 7) is 1.50. The lowest BCUT2D eigenvalue weighted by Crippen LogP contribution is -2.49. The van der Waals surface area contributed by atoms with Gasteiger partial charge in [-0.05, 0) is 54.9 Å². The third kappa shape index (κ3) is 4.49. The Morgan fingerprint density at radius 2 is 1.88 bits per heavy atom. The highest BCUT2D eigenvalue weighted by Gasteiger charge is 2.32. The van der Waals surface area contributed by atoms with Crippen LogP contribution in [0.15, 0.2) is 42.5 Å². The minimum absolute atomic E-state index is 0. The molecular formula is C19H20Cl3FN2O. The molecule has 26 heavy (non-hydrogen) atoms. The molecule has 1 amide bonds. The molecule has 1 N–H and O–H groups in total. The number of nitrogens with zero attached hydrogens (tertiary/aromatic N) is 1. The van der Waals surface area contributed by atoms with Crippen molar-refractivity contribution in [1.29, 1.82) is 0 Å². The van der Waals surface area contributed by atoms with E-state index in [9.17, 15) is 9.18 Å². The maximum atomic E-state index is 13.9. The predicted octanol–water partition coefficient (Wildman–Crippen LogP) is 4.77. The van der Waals surface area contributed by atoms with Crippen LogP contribution >= 0.6 is 35.6 Å². The number of halogens is 4. The first-order valence-electron chi connectivity index (χ1n) is 8.16. The molecule has 0 aliphatic carbocycles. The molecular weight excluding hydrogens is 398 g/mol. The standard InChI is InChI=1S/C19H19Cl2FN2O.ClH/c1-24(19(25)12-2-5-14(20)6-3-12)18-8-9-23-11-15(18)13-4-7-16(21)17(22)10-13;/h2-7,10,15,18,23H,8-9,11H2,1H3;1H. The van der Waals surface area contributed by atoms with Crippen molar-refractivity contribution in [3.8, 4) is 0 Å². The number of amides is 1. The highest BCUT2D eigenvalue weighted by molar-refractivity contribution is 6.31. The largest absolute Gasteiger partial charge is 0.338 e. The summed E-state index contributed by atoms with van der Waals surface area (Å²) in [6.07, 6.45) is 0.796. The molecule has 2 aromatic carbocycles. The van der Waals surface area contributed by atoms with Gasteiger partial charge in [-0.25, -0.2) is 4.39 Å². The molecule has 1 aliphatic rings. The highest BCUT2D eigenvalue weighted by Crippen LogP contribution is 2.30. The van der Waals surface area contributed by atoms with Gasteiger partial charge in [0.25, 0.3) is 5.91 Å². The number of likely N-dealkylation sites (N-methyl/N-ethyl adjacent to an activating group) is 1. The van der Waals surface area contributed by atoms with E-state index in [4.69, 9.17) is 23.2 Å². The number of rotatable bonds is 3. The Morgan fingerprint density at radius 3 is 2.54 bits per heavy atom. The Kier molecular flexibility index (Phi) is 7.30. The molecule has 0 spiro atoms. The van der Waals surface area contributed by atoms with Crippen LogP contribution in [-0.4, -0.2) is 37.0 Å². The van der Waals surface area contributed by atoms with Crippen LogP contribution in [0.5, 0.6) is 0 Å². The smallest absolute Gasteiger partial charge is 0.253 e. The summed E-state index contributed by atoms with van der Waals surface area (Å²) in [6, 6.07) is 11.7. The van der Waals surface area contributed by atoms with Gasteiger partial charge in [0, 0.05) is 36.1 Å². The molecule has 7 heteroatoms. The van der Waals surface area contributed by atoms with Crippen LogP contribution in [0.25, 0.3) is 0 Å². The lowest BCUT2D eigenvalue weighted by molar-refractivity contribution is 0.0679. The van der Waals surface area contributed by atoms with Crippen LogP contribution in [0.4, 0.5) is 4.39 Å².